The summed E-state index contributed by atoms with van der Waals surface area (Å²) >= 11 is 13.1. The second-order valence-electron chi connectivity index (χ2n) is 2.88. The Balaban J connectivity index is 2.55. The maximum absolute atomic E-state index is 13.1. The predicted octanol–water partition coefficient (Wildman–Crippen LogP) is 4.30. The summed E-state index contributed by atoms with van der Waals surface area (Å²) in [4.78, 5) is 0. The number of hydrogen-bond acceptors (Lipinski definition) is 2. The van der Waals surface area contributed by atoms with Gasteiger partial charge in [-0.25, -0.2) is 4.39 Å². The fraction of sp³-hybridized carbons (Fsp3) is 0.400. The summed E-state index contributed by atoms with van der Waals surface area (Å²) in [6.45, 7) is 2.92. The topological polar surface area (TPSA) is 12.0 Å². The van der Waals surface area contributed by atoms with Crippen molar-refractivity contribution in [1.29, 1.82) is 0 Å². The molecule has 1 nitrogen and oxygen atoms in total. The van der Waals surface area contributed by atoms with E-state index in [1.54, 1.807) is 12.1 Å². The van der Waals surface area contributed by atoms with E-state index in [1.165, 1.54) is 0 Å². The smallest absolute Gasteiger partial charge is 0.160 e. The molecule has 0 heterocycles. The Hall–Kier alpha value is -0.120. The largest absolute Gasteiger partial charge is 0.384 e. The van der Waals surface area contributed by atoms with Crippen LogP contribution in [0, 0.1) is 5.82 Å². The predicted molar refractivity (Wildman–Crippen MR) is 67.9 cm³/mol. The molecule has 15 heavy (non-hydrogen) atoms. The Kier molecular flexibility index (Phi) is 5.58. The summed E-state index contributed by atoms with van der Waals surface area (Å²) in [6, 6.07) is 3.08. The molecule has 1 aromatic carbocycles. The van der Waals surface area contributed by atoms with E-state index < -0.39 is 5.82 Å². The molecule has 0 aliphatic heterocycles. The minimum Gasteiger partial charge on any atom is -0.384 e. The van der Waals surface area contributed by atoms with Gasteiger partial charge in [0.1, 0.15) is 0 Å². The van der Waals surface area contributed by atoms with Gasteiger partial charge in [-0.05, 0) is 17.9 Å². The number of rotatable bonds is 5. The highest BCUT2D eigenvalue weighted by Gasteiger charge is 2.06. The maximum atomic E-state index is 13.1. The molecular formula is C10H12Cl2FNS. The quantitative estimate of drug-likeness (QED) is 0.631. The second kappa shape index (κ2) is 6.46. The highest BCUT2D eigenvalue weighted by molar-refractivity contribution is 7.99. The molecule has 0 saturated heterocycles. The first-order chi connectivity index (χ1) is 7.15. The van der Waals surface area contributed by atoms with Gasteiger partial charge in [-0.2, -0.15) is 11.8 Å². The molecule has 1 rings (SSSR count). The van der Waals surface area contributed by atoms with Crippen molar-refractivity contribution >= 4 is 40.7 Å². The number of hydrogen-bond donors (Lipinski definition) is 1. The molecule has 0 aliphatic rings. The Morgan fingerprint density at radius 1 is 1.33 bits per heavy atom. The number of benzene rings is 1. The molecule has 1 N–H and O–H groups in total. The lowest BCUT2D eigenvalue weighted by molar-refractivity contribution is 0.629. The molecule has 0 aromatic heterocycles. The third kappa shape index (κ3) is 4.09. The van der Waals surface area contributed by atoms with Crippen LogP contribution in [0.4, 0.5) is 10.1 Å². The van der Waals surface area contributed by atoms with Crippen molar-refractivity contribution in [3.63, 3.8) is 0 Å². The van der Waals surface area contributed by atoms with Crippen LogP contribution in [0.25, 0.3) is 0 Å². The van der Waals surface area contributed by atoms with Gasteiger partial charge in [-0.3, -0.25) is 0 Å². The third-order valence-electron chi connectivity index (χ3n) is 1.76. The van der Waals surface area contributed by atoms with Gasteiger partial charge in [0.15, 0.2) is 5.82 Å². The molecule has 84 valence electrons. The van der Waals surface area contributed by atoms with Gasteiger partial charge in [-0.15, -0.1) is 0 Å². The molecule has 0 unspecified atom stereocenters. The zero-order valence-electron chi connectivity index (χ0n) is 8.32. The van der Waals surface area contributed by atoms with Crippen molar-refractivity contribution in [2.24, 2.45) is 0 Å². The highest BCUT2D eigenvalue weighted by atomic mass is 35.5. The number of halogens is 3. The summed E-state index contributed by atoms with van der Waals surface area (Å²) in [5.74, 6) is 1.53. The van der Waals surface area contributed by atoms with Crippen LogP contribution in [0.1, 0.15) is 6.92 Å². The number of nitrogens with one attached hydrogen (secondary N) is 1. The summed E-state index contributed by atoms with van der Waals surface area (Å²) in [5.41, 5.74) is 0.753. The third-order valence-corrected chi connectivity index (χ3v) is 3.21. The molecule has 0 aliphatic carbocycles. The molecule has 0 radical (unpaired) electrons. The first kappa shape index (κ1) is 12.9. The molecule has 0 atom stereocenters. The molecule has 0 spiro atoms. The average molecular weight is 268 g/mol. The summed E-state index contributed by atoms with van der Waals surface area (Å²) in [5, 5.41) is 3.23. The standard InChI is InChI=1S/C10H12Cl2FNS/c1-2-15-4-3-14-7-5-8(11)10(13)9(12)6-7/h5-6,14H,2-4H2,1H3. The molecule has 0 amide bonds. The summed E-state index contributed by atoms with van der Waals surface area (Å²) < 4.78 is 13.1. The van der Waals surface area contributed by atoms with Crippen LogP contribution in [-0.4, -0.2) is 18.1 Å². The van der Waals surface area contributed by atoms with E-state index in [1.807, 2.05) is 11.8 Å². The molecule has 0 fully saturated rings. The molecule has 1 aromatic rings. The van der Waals surface area contributed by atoms with Crippen LogP contribution in [0.3, 0.4) is 0 Å². The summed E-state index contributed by atoms with van der Waals surface area (Å²) in [7, 11) is 0. The number of anilines is 1. The van der Waals surface area contributed by atoms with E-state index >= 15 is 0 Å². The van der Waals surface area contributed by atoms with Gasteiger partial charge in [-0.1, -0.05) is 30.1 Å². The second-order valence-corrected chi connectivity index (χ2v) is 5.09. The molecule has 0 saturated carbocycles. The zero-order valence-corrected chi connectivity index (χ0v) is 10.6. The van der Waals surface area contributed by atoms with Gasteiger partial charge in [0.25, 0.3) is 0 Å². The van der Waals surface area contributed by atoms with Crippen LogP contribution in [0.2, 0.25) is 10.0 Å². The van der Waals surface area contributed by atoms with E-state index in [-0.39, 0.29) is 10.0 Å². The minimum atomic E-state index is -0.563. The van der Waals surface area contributed by atoms with Crippen molar-refractivity contribution in [3.05, 3.63) is 28.0 Å². The zero-order chi connectivity index (χ0) is 11.3. The van der Waals surface area contributed by atoms with E-state index in [2.05, 4.69) is 12.2 Å². The van der Waals surface area contributed by atoms with E-state index in [0.717, 1.165) is 23.7 Å². The molecule has 5 heteroatoms. The number of thioether (sulfide) groups is 1. The minimum absolute atomic E-state index is 0.0492. The SMILES string of the molecule is CCSCCNc1cc(Cl)c(F)c(Cl)c1. The molecule has 0 bridgehead atoms. The van der Waals surface area contributed by atoms with E-state index in [0.29, 0.717) is 0 Å². The van der Waals surface area contributed by atoms with Crippen molar-refractivity contribution in [2.75, 3.05) is 23.4 Å². The fourth-order valence-corrected chi connectivity index (χ4v) is 2.09. The van der Waals surface area contributed by atoms with Crippen molar-refractivity contribution in [3.8, 4) is 0 Å². The van der Waals surface area contributed by atoms with E-state index in [9.17, 15) is 4.39 Å². The van der Waals surface area contributed by atoms with Crippen LogP contribution in [0.5, 0.6) is 0 Å². The van der Waals surface area contributed by atoms with Crippen LogP contribution in [-0.2, 0) is 0 Å². The van der Waals surface area contributed by atoms with Gasteiger partial charge >= 0.3 is 0 Å². The lowest BCUT2D eigenvalue weighted by Crippen LogP contribution is -2.04. The summed E-state index contributed by atoms with van der Waals surface area (Å²) in [6.07, 6.45) is 0. The van der Waals surface area contributed by atoms with Gasteiger partial charge in [0.05, 0.1) is 10.0 Å². The monoisotopic (exact) mass is 267 g/mol. The van der Waals surface area contributed by atoms with Gasteiger partial charge < -0.3 is 5.32 Å². The Bertz CT molecular complexity index is 310. The first-order valence-electron chi connectivity index (χ1n) is 4.61. The normalized spacial score (nSPS) is 10.4. The first-order valence-corrected chi connectivity index (χ1v) is 6.52. The van der Waals surface area contributed by atoms with Crippen molar-refractivity contribution < 1.29 is 4.39 Å². The van der Waals surface area contributed by atoms with Crippen LogP contribution in [0.15, 0.2) is 12.1 Å². The highest BCUT2D eigenvalue weighted by Crippen LogP contribution is 2.27. The Morgan fingerprint density at radius 2 is 1.93 bits per heavy atom. The van der Waals surface area contributed by atoms with Crippen molar-refractivity contribution in [1.82, 2.24) is 0 Å². The van der Waals surface area contributed by atoms with Gasteiger partial charge in [0.2, 0.25) is 0 Å². The van der Waals surface area contributed by atoms with Crippen molar-refractivity contribution in [2.45, 2.75) is 6.92 Å². The fourth-order valence-electron chi connectivity index (χ4n) is 1.07. The Labute approximate surface area is 103 Å². The van der Waals surface area contributed by atoms with Crippen LogP contribution < -0.4 is 5.32 Å². The van der Waals surface area contributed by atoms with E-state index in [4.69, 9.17) is 23.2 Å². The average Bonchev–Trinajstić information content (AvgIpc) is 2.21. The van der Waals surface area contributed by atoms with Crippen LogP contribution >= 0.6 is 35.0 Å². The maximum Gasteiger partial charge on any atom is 0.160 e. The lowest BCUT2D eigenvalue weighted by atomic mass is 10.3. The Morgan fingerprint density at radius 3 is 2.47 bits per heavy atom. The van der Waals surface area contributed by atoms with Gasteiger partial charge in [0, 0.05) is 18.0 Å². The lowest BCUT2D eigenvalue weighted by Gasteiger charge is -2.07. The molecular weight excluding hydrogens is 256 g/mol.